The Bertz CT molecular complexity index is 319. The monoisotopic (exact) mass is 210 g/mol. The van der Waals surface area contributed by atoms with E-state index >= 15 is 0 Å². The van der Waals surface area contributed by atoms with Gasteiger partial charge in [0.15, 0.2) is 0 Å². The zero-order valence-corrected chi connectivity index (χ0v) is 8.85. The summed E-state index contributed by atoms with van der Waals surface area (Å²) >= 11 is 6.16. The molecule has 1 saturated heterocycles. The molecule has 3 heteroatoms. The van der Waals surface area contributed by atoms with E-state index in [1.165, 1.54) is 18.4 Å². The number of anilines is 1. The van der Waals surface area contributed by atoms with E-state index in [-0.39, 0.29) is 0 Å². The molecule has 0 saturated carbocycles. The number of halogens is 1. The Morgan fingerprint density at radius 3 is 2.93 bits per heavy atom. The van der Waals surface area contributed by atoms with Crippen LogP contribution < -0.4 is 11.1 Å². The standard InChI is InChI=1S/C11H15ClN2/c12-11-6-9(13)3-4-10(11)8-2-1-5-14-7-8/h3-4,6,8,14H,1-2,5,7,13H2/t8-/m1/s1. The van der Waals surface area contributed by atoms with Crippen molar-refractivity contribution in [3.05, 3.63) is 28.8 Å². The minimum absolute atomic E-state index is 0.553. The van der Waals surface area contributed by atoms with Crippen LogP contribution in [0.3, 0.4) is 0 Å². The molecule has 0 aliphatic carbocycles. The Hall–Kier alpha value is -0.730. The molecule has 3 N–H and O–H groups in total. The maximum absolute atomic E-state index is 6.16. The summed E-state index contributed by atoms with van der Waals surface area (Å²) in [6.45, 7) is 2.16. The third-order valence-corrected chi connectivity index (χ3v) is 3.09. The van der Waals surface area contributed by atoms with Crippen LogP contribution in [-0.4, -0.2) is 13.1 Å². The second-order valence-corrected chi connectivity index (χ2v) is 4.23. The van der Waals surface area contributed by atoms with E-state index in [0.29, 0.717) is 5.92 Å². The molecule has 1 atom stereocenters. The van der Waals surface area contributed by atoms with Crippen LogP contribution >= 0.6 is 11.6 Å². The molecule has 2 nitrogen and oxygen atoms in total. The van der Waals surface area contributed by atoms with Crippen LogP contribution in [0.2, 0.25) is 5.02 Å². The summed E-state index contributed by atoms with van der Waals surface area (Å²) in [6.07, 6.45) is 2.45. The molecule has 1 aromatic carbocycles. The molecule has 1 heterocycles. The lowest BCUT2D eigenvalue weighted by Gasteiger charge is -2.24. The van der Waals surface area contributed by atoms with Gasteiger partial charge in [0, 0.05) is 17.3 Å². The van der Waals surface area contributed by atoms with Crippen molar-refractivity contribution in [2.24, 2.45) is 0 Å². The fraction of sp³-hybridized carbons (Fsp3) is 0.455. The van der Waals surface area contributed by atoms with Crippen molar-refractivity contribution in [3.8, 4) is 0 Å². The van der Waals surface area contributed by atoms with Gasteiger partial charge in [0.05, 0.1) is 0 Å². The third-order valence-electron chi connectivity index (χ3n) is 2.76. The number of nitrogens with two attached hydrogens (primary N) is 1. The third kappa shape index (κ3) is 2.02. The Kier molecular flexibility index (Phi) is 2.94. The minimum atomic E-state index is 0.553. The largest absolute Gasteiger partial charge is 0.399 e. The number of nitrogen functional groups attached to an aromatic ring is 1. The van der Waals surface area contributed by atoms with Crippen LogP contribution in [0.4, 0.5) is 5.69 Å². The molecule has 0 aromatic heterocycles. The number of hydrogen-bond acceptors (Lipinski definition) is 2. The first-order chi connectivity index (χ1) is 6.77. The molecule has 1 aromatic rings. The quantitative estimate of drug-likeness (QED) is 0.699. The molecule has 0 unspecified atom stereocenters. The average molecular weight is 211 g/mol. The van der Waals surface area contributed by atoms with E-state index in [9.17, 15) is 0 Å². The second-order valence-electron chi connectivity index (χ2n) is 3.82. The Labute approximate surface area is 89.4 Å². The molecular formula is C11H15ClN2. The van der Waals surface area contributed by atoms with Gasteiger partial charge in [0.2, 0.25) is 0 Å². The molecule has 14 heavy (non-hydrogen) atoms. The topological polar surface area (TPSA) is 38.0 Å². The first kappa shape index (κ1) is 9.81. The molecule has 76 valence electrons. The molecule has 1 aliphatic rings. The first-order valence-electron chi connectivity index (χ1n) is 5.03. The van der Waals surface area contributed by atoms with Crippen LogP contribution in [-0.2, 0) is 0 Å². The fourth-order valence-corrected chi connectivity index (χ4v) is 2.34. The molecule has 0 amide bonds. The molecule has 2 rings (SSSR count). The zero-order chi connectivity index (χ0) is 9.97. The van der Waals surface area contributed by atoms with E-state index in [1.54, 1.807) is 0 Å². The second kappa shape index (κ2) is 4.20. The smallest absolute Gasteiger partial charge is 0.0461 e. The highest BCUT2D eigenvalue weighted by molar-refractivity contribution is 6.31. The summed E-state index contributed by atoms with van der Waals surface area (Å²) in [7, 11) is 0. The summed E-state index contributed by atoms with van der Waals surface area (Å²) in [4.78, 5) is 0. The van der Waals surface area contributed by atoms with Crippen LogP contribution in [0.15, 0.2) is 18.2 Å². The highest BCUT2D eigenvalue weighted by Gasteiger charge is 2.17. The molecule has 0 radical (unpaired) electrons. The number of nitrogens with one attached hydrogen (secondary N) is 1. The van der Waals surface area contributed by atoms with Crippen molar-refractivity contribution in [1.82, 2.24) is 5.32 Å². The lowest BCUT2D eigenvalue weighted by atomic mass is 9.91. The maximum Gasteiger partial charge on any atom is 0.0461 e. The summed E-state index contributed by atoms with van der Waals surface area (Å²) in [6, 6.07) is 5.82. The fourth-order valence-electron chi connectivity index (χ4n) is 1.99. The number of piperidine rings is 1. The van der Waals surface area contributed by atoms with Gasteiger partial charge in [-0.25, -0.2) is 0 Å². The van der Waals surface area contributed by atoms with Gasteiger partial charge in [-0.05, 0) is 43.0 Å². The van der Waals surface area contributed by atoms with Crippen LogP contribution in [0.1, 0.15) is 24.3 Å². The predicted molar refractivity (Wildman–Crippen MR) is 60.7 cm³/mol. The normalized spacial score (nSPS) is 22.2. The van der Waals surface area contributed by atoms with Crippen LogP contribution in [0.5, 0.6) is 0 Å². The van der Waals surface area contributed by atoms with Gasteiger partial charge < -0.3 is 11.1 Å². The minimum Gasteiger partial charge on any atom is -0.399 e. The highest BCUT2D eigenvalue weighted by Crippen LogP contribution is 2.30. The van der Waals surface area contributed by atoms with Gasteiger partial charge in [0.1, 0.15) is 0 Å². The van der Waals surface area contributed by atoms with Crippen LogP contribution in [0.25, 0.3) is 0 Å². The molecular weight excluding hydrogens is 196 g/mol. The van der Waals surface area contributed by atoms with Crippen molar-refractivity contribution >= 4 is 17.3 Å². The van der Waals surface area contributed by atoms with E-state index in [4.69, 9.17) is 17.3 Å². The summed E-state index contributed by atoms with van der Waals surface area (Å²) < 4.78 is 0. The lowest BCUT2D eigenvalue weighted by molar-refractivity contribution is 0.462. The Balaban J connectivity index is 2.22. The van der Waals surface area contributed by atoms with Crippen molar-refractivity contribution < 1.29 is 0 Å². The summed E-state index contributed by atoms with van der Waals surface area (Å²) in [5.74, 6) is 0.553. The van der Waals surface area contributed by atoms with Gasteiger partial charge in [0.25, 0.3) is 0 Å². The van der Waals surface area contributed by atoms with Crippen molar-refractivity contribution in [1.29, 1.82) is 0 Å². The summed E-state index contributed by atoms with van der Waals surface area (Å²) in [5, 5.41) is 4.19. The molecule has 0 spiro atoms. The van der Waals surface area contributed by atoms with Gasteiger partial charge in [-0.3, -0.25) is 0 Å². The molecule has 1 fully saturated rings. The number of benzene rings is 1. The van der Waals surface area contributed by atoms with Gasteiger partial charge in [-0.15, -0.1) is 0 Å². The van der Waals surface area contributed by atoms with E-state index in [1.807, 2.05) is 12.1 Å². The van der Waals surface area contributed by atoms with Crippen LogP contribution in [0, 0.1) is 0 Å². The van der Waals surface area contributed by atoms with Gasteiger partial charge in [-0.1, -0.05) is 17.7 Å². The van der Waals surface area contributed by atoms with Crippen molar-refractivity contribution in [2.45, 2.75) is 18.8 Å². The number of hydrogen-bond donors (Lipinski definition) is 2. The Morgan fingerprint density at radius 1 is 1.43 bits per heavy atom. The average Bonchev–Trinajstić information content (AvgIpc) is 2.19. The predicted octanol–water partition coefficient (Wildman–Crippen LogP) is 2.39. The SMILES string of the molecule is Nc1ccc([C@@H]2CCCNC2)c(Cl)c1. The maximum atomic E-state index is 6.16. The van der Waals surface area contributed by atoms with Gasteiger partial charge in [-0.2, -0.15) is 0 Å². The molecule has 0 bridgehead atoms. The van der Waals surface area contributed by atoms with E-state index in [2.05, 4.69) is 11.4 Å². The van der Waals surface area contributed by atoms with Crippen molar-refractivity contribution in [3.63, 3.8) is 0 Å². The zero-order valence-electron chi connectivity index (χ0n) is 8.09. The molecule has 1 aliphatic heterocycles. The van der Waals surface area contributed by atoms with E-state index in [0.717, 1.165) is 23.8 Å². The highest BCUT2D eigenvalue weighted by atomic mass is 35.5. The lowest BCUT2D eigenvalue weighted by Crippen LogP contribution is -2.28. The summed E-state index contributed by atoms with van der Waals surface area (Å²) in [5.41, 5.74) is 7.63. The first-order valence-corrected chi connectivity index (χ1v) is 5.41. The van der Waals surface area contributed by atoms with E-state index < -0.39 is 0 Å². The van der Waals surface area contributed by atoms with Crippen molar-refractivity contribution in [2.75, 3.05) is 18.8 Å². The van der Waals surface area contributed by atoms with Gasteiger partial charge >= 0.3 is 0 Å². The number of rotatable bonds is 1. The Morgan fingerprint density at radius 2 is 2.29 bits per heavy atom.